The Hall–Kier alpha value is -2.97. The lowest BCUT2D eigenvalue weighted by Crippen LogP contribution is -2.21. The standard InChI is InChI=1S/C17H18N2O6/c1-25-15-4-2-3-12(17(15)22)9-18-14(10-20)16(21)11-5-7-13(8-6-11)19(23)24/h2-9,14,16,20-22H,10H2,1H3/t14-,16-/m0/s1. The van der Waals surface area contributed by atoms with Gasteiger partial charge in [-0.15, -0.1) is 0 Å². The number of hydrogen-bond acceptors (Lipinski definition) is 7. The molecular weight excluding hydrogens is 328 g/mol. The van der Waals surface area contributed by atoms with Gasteiger partial charge in [0.05, 0.1) is 18.6 Å². The molecule has 0 spiro atoms. The quantitative estimate of drug-likeness (QED) is 0.399. The van der Waals surface area contributed by atoms with Crippen LogP contribution in [0.1, 0.15) is 17.2 Å². The van der Waals surface area contributed by atoms with Crippen LogP contribution in [0.3, 0.4) is 0 Å². The van der Waals surface area contributed by atoms with Crippen LogP contribution >= 0.6 is 0 Å². The summed E-state index contributed by atoms with van der Waals surface area (Å²) in [6, 6.07) is 9.31. The maximum Gasteiger partial charge on any atom is 0.269 e. The van der Waals surface area contributed by atoms with Crippen molar-refractivity contribution in [1.82, 2.24) is 0 Å². The van der Waals surface area contributed by atoms with Crippen molar-refractivity contribution in [2.75, 3.05) is 13.7 Å². The molecule has 2 aromatic rings. The van der Waals surface area contributed by atoms with Gasteiger partial charge in [-0.3, -0.25) is 15.1 Å². The third kappa shape index (κ3) is 4.31. The van der Waals surface area contributed by atoms with E-state index in [1.165, 1.54) is 37.6 Å². The molecule has 0 saturated heterocycles. The average Bonchev–Trinajstić information content (AvgIpc) is 2.63. The number of aliphatic imine (C=N–C) groups is 1. The highest BCUT2D eigenvalue weighted by atomic mass is 16.6. The van der Waals surface area contributed by atoms with Crippen molar-refractivity contribution in [3.05, 3.63) is 63.7 Å². The second-order valence-corrected chi connectivity index (χ2v) is 5.22. The molecule has 3 N–H and O–H groups in total. The molecular formula is C17H18N2O6. The SMILES string of the molecule is COc1cccc(C=N[C@@H](CO)[C@@H](O)c2ccc([N+](=O)[O-])cc2)c1O. The van der Waals surface area contributed by atoms with Gasteiger partial charge in [0.15, 0.2) is 11.5 Å². The van der Waals surface area contributed by atoms with Crippen LogP contribution in [-0.2, 0) is 0 Å². The van der Waals surface area contributed by atoms with E-state index in [1.807, 2.05) is 0 Å². The van der Waals surface area contributed by atoms with E-state index in [4.69, 9.17) is 4.74 Å². The molecule has 0 aliphatic heterocycles. The van der Waals surface area contributed by atoms with Crippen LogP contribution in [-0.4, -0.2) is 46.2 Å². The van der Waals surface area contributed by atoms with E-state index >= 15 is 0 Å². The van der Waals surface area contributed by atoms with Gasteiger partial charge in [0.25, 0.3) is 5.69 Å². The van der Waals surface area contributed by atoms with Crippen LogP contribution in [0.15, 0.2) is 47.5 Å². The fourth-order valence-corrected chi connectivity index (χ4v) is 2.23. The number of phenolic OH excluding ortho intramolecular Hbond substituents is 1. The molecule has 8 heteroatoms. The van der Waals surface area contributed by atoms with Crippen molar-refractivity contribution in [1.29, 1.82) is 0 Å². The van der Waals surface area contributed by atoms with Crippen molar-refractivity contribution in [2.45, 2.75) is 12.1 Å². The number of benzene rings is 2. The predicted octanol–water partition coefficient (Wildman–Crippen LogP) is 1.82. The van der Waals surface area contributed by atoms with Crippen LogP contribution in [0, 0.1) is 10.1 Å². The molecule has 0 fully saturated rings. The number of methoxy groups -OCH3 is 1. The van der Waals surface area contributed by atoms with Crippen LogP contribution in [0.2, 0.25) is 0 Å². The molecule has 2 atom stereocenters. The molecule has 0 saturated carbocycles. The van der Waals surface area contributed by atoms with Crippen molar-refractivity contribution in [3.63, 3.8) is 0 Å². The average molecular weight is 346 g/mol. The summed E-state index contributed by atoms with van der Waals surface area (Å²) in [6.45, 7) is -0.445. The second-order valence-electron chi connectivity index (χ2n) is 5.22. The number of hydrogen-bond donors (Lipinski definition) is 3. The van der Waals surface area contributed by atoms with Gasteiger partial charge < -0.3 is 20.1 Å². The number of para-hydroxylation sites is 1. The number of phenols is 1. The highest BCUT2D eigenvalue weighted by molar-refractivity contribution is 5.84. The minimum Gasteiger partial charge on any atom is -0.504 e. The normalized spacial score (nSPS) is 13.6. The number of non-ortho nitro benzene ring substituents is 1. The largest absolute Gasteiger partial charge is 0.504 e. The first-order valence-electron chi connectivity index (χ1n) is 7.40. The molecule has 2 aromatic carbocycles. The number of nitro benzene ring substituents is 1. The van der Waals surface area contributed by atoms with E-state index in [1.54, 1.807) is 18.2 Å². The Morgan fingerprint density at radius 3 is 2.52 bits per heavy atom. The molecule has 0 aliphatic rings. The zero-order valence-corrected chi connectivity index (χ0v) is 13.4. The Labute approximate surface area is 143 Å². The molecule has 25 heavy (non-hydrogen) atoms. The molecule has 0 bridgehead atoms. The first kappa shape index (κ1) is 18.4. The Bertz CT molecular complexity index is 760. The van der Waals surface area contributed by atoms with Crippen LogP contribution in [0.4, 0.5) is 5.69 Å². The van der Waals surface area contributed by atoms with Gasteiger partial charge in [0.2, 0.25) is 0 Å². The van der Waals surface area contributed by atoms with E-state index < -0.39 is 23.7 Å². The summed E-state index contributed by atoms with van der Waals surface area (Å²) < 4.78 is 5.00. The third-order valence-electron chi connectivity index (χ3n) is 3.65. The Morgan fingerprint density at radius 1 is 1.28 bits per heavy atom. The zero-order chi connectivity index (χ0) is 18.4. The molecule has 0 heterocycles. The smallest absolute Gasteiger partial charge is 0.269 e. The van der Waals surface area contributed by atoms with E-state index in [9.17, 15) is 25.4 Å². The molecule has 132 valence electrons. The Balaban J connectivity index is 2.20. The van der Waals surface area contributed by atoms with Gasteiger partial charge in [-0.05, 0) is 29.8 Å². The number of rotatable bonds is 7. The number of ether oxygens (including phenoxy) is 1. The minimum atomic E-state index is -1.16. The fourth-order valence-electron chi connectivity index (χ4n) is 2.23. The number of nitrogens with zero attached hydrogens (tertiary/aromatic N) is 2. The van der Waals surface area contributed by atoms with Crippen molar-refractivity contribution in [2.24, 2.45) is 4.99 Å². The fraction of sp³-hybridized carbons (Fsp3) is 0.235. The lowest BCUT2D eigenvalue weighted by atomic mass is 10.0. The highest BCUT2D eigenvalue weighted by Crippen LogP contribution is 2.28. The molecule has 0 aromatic heterocycles. The molecule has 2 rings (SSSR count). The van der Waals surface area contributed by atoms with Gasteiger partial charge >= 0.3 is 0 Å². The first-order valence-corrected chi connectivity index (χ1v) is 7.40. The topological polar surface area (TPSA) is 125 Å². The molecule has 0 amide bonds. The van der Waals surface area contributed by atoms with Gasteiger partial charge in [-0.1, -0.05) is 6.07 Å². The summed E-state index contributed by atoms with van der Waals surface area (Å²) in [5.74, 6) is 0.177. The summed E-state index contributed by atoms with van der Waals surface area (Å²) in [7, 11) is 1.42. The molecule has 0 aliphatic carbocycles. The number of aliphatic hydroxyl groups excluding tert-OH is 2. The van der Waals surface area contributed by atoms with Crippen molar-refractivity contribution in [3.8, 4) is 11.5 Å². The molecule has 8 nitrogen and oxygen atoms in total. The third-order valence-corrected chi connectivity index (χ3v) is 3.65. The molecule has 0 unspecified atom stereocenters. The Kier molecular flexibility index (Phi) is 6.04. The maximum atomic E-state index is 10.7. The number of aromatic hydroxyl groups is 1. The van der Waals surface area contributed by atoms with E-state index in [2.05, 4.69) is 4.99 Å². The number of nitro groups is 1. The summed E-state index contributed by atoms with van der Waals surface area (Å²) in [5.41, 5.74) is 0.659. The monoisotopic (exact) mass is 346 g/mol. The van der Waals surface area contributed by atoms with Crippen LogP contribution in [0.25, 0.3) is 0 Å². The number of aliphatic hydroxyl groups is 2. The summed E-state index contributed by atoms with van der Waals surface area (Å²) in [5, 5.41) is 40.5. The lowest BCUT2D eigenvalue weighted by molar-refractivity contribution is -0.384. The van der Waals surface area contributed by atoms with Gasteiger partial charge in [0, 0.05) is 23.9 Å². The highest BCUT2D eigenvalue weighted by Gasteiger charge is 2.20. The van der Waals surface area contributed by atoms with E-state index in [-0.39, 0.29) is 17.2 Å². The lowest BCUT2D eigenvalue weighted by Gasteiger charge is -2.17. The summed E-state index contributed by atoms with van der Waals surface area (Å²) in [6.07, 6.45) is 0.169. The van der Waals surface area contributed by atoms with E-state index in [0.29, 0.717) is 11.1 Å². The summed E-state index contributed by atoms with van der Waals surface area (Å²) in [4.78, 5) is 14.2. The maximum absolute atomic E-state index is 10.7. The first-order chi connectivity index (χ1) is 12.0. The van der Waals surface area contributed by atoms with Crippen LogP contribution < -0.4 is 4.74 Å². The summed E-state index contributed by atoms with van der Waals surface area (Å²) >= 11 is 0. The van der Waals surface area contributed by atoms with Crippen LogP contribution in [0.5, 0.6) is 11.5 Å². The van der Waals surface area contributed by atoms with Crippen molar-refractivity contribution >= 4 is 11.9 Å². The Morgan fingerprint density at radius 2 is 1.96 bits per heavy atom. The minimum absolute atomic E-state index is 0.0960. The van der Waals surface area contributed by atoms with Gasteiger partial charge in [0.1, 0.15) is 12.1 Å². The zero-order valence-electron chi connectivity index (χ0n) is 13.4. The second kappa shape index (κ2) is 8.22. The van der Waals surface area contributed by atoms with Crippen molar-refractivity contribution < 1.29 is 25.0 Å². The van der Waals surface area contributed by atoms with Gasteiger partial charge in [-0.2, -0.15) is 0 Å². The predicted molar refractivity (Wildman–Crippen MR) is 91.2 cm³/mol. The van der Waals surface area contributed by atoms with Gasteiger partial charge in [-0.25, -0.2) is 0 Å². The van der Waals surface area contributed by atoms with E-state index in [0.717, 1.165) is 0 Å². The molecule has 0 radical (unpaired) electrons.